The van der Waals surface area contributed by atoms with E-state index in [0.29, 0.717) is 6.04 Å². The summed E-state index contributed by atoms with van der Waals surface area (Å²) >= 11 is 0. The third-order valence-corrected chi connectivity index (χ3v) is 3.79. The van der Waals surface area contributed by atoms with Crippen LogP contribution in [-0.4, -0.2) is 25.7 Å². The molecule has 0 spiro atoms. The Morgan fingerprint density at radius 3 is 2.29 bits per heavy atom. The van der Waals surface area contributed by atoms with Gasteiger partial charge in [0.15, 0.2) is 0 Å². The summed E-state index contributed by atoms with van der Waals surface area (Å²) in [5.41, 5.74) is 0. The minimum Gasteiger partial charge on any atom is -0.317 e. The van der Waals surface area contributed by atoms with Gasteiger partial charge in [0.05, 0.1) is 0 Å². The fourth-order valence-corrected chi connectivity index (χ4v) is 2.69. The van der Waals surface area contributed by atoms with Gasteiger partial charge >= 0.3 is 0 Å². The van der Waals surface area contributed by atoms with Crippen molar-refractivity contribution in [3.8, 4) is 0 Å². The summed E-state index contributed by atoms with van der Waals surface area (Å²) in [6.45, 7) is 7.96. The molecule has 2 nitrogen and oxygen atoms in total. The Balaban J connectivity index is 1.86. The molecule has 0 heterocycles. The highest BCUT2D eigenvalue weighted by molar-refractivity contribution is 4.66. The van der Waals surface area contributed by atoms with E-state index in [4.69, 9.17) is 0 Å². The first-order valence-corrected chi connectivity index (χ1v) is 7.73. The van der Waals surface area contributed by atoms with Crippen LogP contribution in [0.15, 0.2) is 0 Å². The van der Waals surface area contributed by atoms with Gasteiger partial charge in [-0.2, -0.15) is 0 Å². The molecule has 0 aromatic rings. The van der Waals surface area contributed by atoms with Crippen LogP contribution in [0.25, 0.3) is 0 Å². The van der Waals surface area contributed by atoms with Crippen molar-refractivity contribution in [3.63, 3.8) is 0 Å². The van der Waals surface area contributed by atoms with Crippen molar-refractivity contribution in [1.29, 1.82) is 0 Å². The highest BCUT2D eigenvalue weighted by Gasteiger charge is 2.11. The molecule has 1 saturated carbocycles. The highest BCUT2D eigenvalue weighted by atomic mass is 14.9. The molecule has 102 valence electrons. The SMILES string of the molecule is CC(C)NCCCNCCC1CCCCCC1. The molecule has 1 rings (SSSR count). The second kappa shape index (κ2) is 9.90. The molecule has 0 radical (unpaired) electrons. The minimum atomic E-state index is 0.626. The summed E-state index contributed by atoms with van der Waals surface area (Å²) in [5, 5.41) is 7.04. The van der Waals surface area contributed by atoms with Crippen LogP contribution in [0.1, 0.15) is 65.2 Å². The lowest BCUT2D eigenvalue weighted by molar-refractivity contribution is 0.413. The second-order valence-corrected chi connectivity index (χ2v) is 5.86. The number of hydrogen-bond donors (Lipinski definition) is 2. The van der Waals surface area contributed by atoms with E-state index in [0.717, 1.165) is 12.5 Å². The van der Waals surface area contributed by atoms with Crippen molar-refractivity contribution in [3.05, 3.63) is 0 Å². The molecule has 0 atom stereocenters. The predicted molar refractivity (Wildman–Crippen MR) is 76.4 cm³/mol. The van der Waals surface area contributed by atoms with Gasteiger partial charge in [0, 0.05) is 6.04 Å². The first-order valence-electron chi connectivity index (χ1n) is 7.73. The van der Waals surface area contributed by atoms with Crippen LogP contribution in [-0.2, 0) is 0 Å². The van der Waals surface area contributed by atoms with Crippen LogP contribution in [0.4, 0.5) is 0 Å². The first kappa shape index (κ1) is 15.0. The predicted octanol–water partition coefficient (Wildman–Crippen LogP) is 3.32. The summed E-state index contributed by atoms with van der Waals surface area (Å²) in [4.78, 5) is 0. The Kier molecular flexibility index (Phi) is 8.72. The normalized spacial score (nSPS) is 18.5. The lowest BCUT2D eigenvalue weighted by atomic mass is 9.97. The van der Waals surface area contributed by atoms with Gasteiger partial charge in [0.1, 0.15) is 0 Å². The fourth-order valence-electron chi connectivity index (χ4n) is 2.69. The maximum Gasteiger partial charge on any atom is 0.00103 e. The molecular formula is C15H32N2. The van der Waals surface area contributed by atoms with Crippen molar-refractivity contribution < 1.29 is 0 Å². The van der Waals surface area contributed by atoms with E-state index in [-0.39, 0.29) is 0 Å². The molecule has 0 aliphatic heterocycles. The highest BCUT2D eigenvalue weighted by Crippen LogP contribution is 2.24. The molecule has 0 amide bonds. The van der Waals surface area contributed by atoms with Gasteiger partial charge in [0.2, 0.25) is 0 Å². The smallest absolute Gasteiger partial charge is 0.00103 e. The van der Waals surface area contributed by atoms with E-state index in [1.165, 1.54) is 64.5 Å². The van der Waals surface area contributed by atoms with Crippen molar-refractivity contribution in [2.45, 2.75) is 71.3 Å². The summed E-state index contributed by atoms with van der Waals surface area (Å²) < 4.78 is 0. The average molecular weight is 240 g/mol. The molecule has 0 bridgehead atoms. The minimum absolute atomic E-state index is 0.626. The van der Waals surface area contributed by atoms with E-state index >= 15 is 0 Å². The lowest BCUT2D eigenvalue weighted by Gasteiger charge is -2.14. The standard InChI is InChI=1S/C15H32N2/c1-14(2)17-12-7-11-16-13-10-15-8-5-3-4-6-9-15/h14-17H,3-13H2,1-2H3. The Bertz CT molecular complexity index is 160. The Hall–Kier alpha value is -0.0800. The zero-order valence-corrected chi connectivity index (χ0v) is 11.9. The van der Waals surface area contributed by atoms with Gasteiger partial charge in [-0.25, -0.2) is 0 Å². The molecule has 17 heavy (non-hydrogen) atoms. The third-order valence-electron chi connectivity index (χ3n) is 3.79. The van der Waals surface area contributed by atoms with E-state index < -0.39 is 0 Å². The van der Waals surface area contributed by atoms with Crippen molar-refractivity contribution in [2.75, 3.05) is 19.6 Å². The van der Waals surface area contributed by atoms with Gasteiger partial charge < -0.3 is 10.6 Å². The Morgan fingerprint density at radius 1 is 0.941 bits per heavy atom. The zero-order valence-electron chi connectivity index (χ0n) is 11.9. The molecule has 0 aromatic carbocycles. The maximum atomic E-state index is 3.59. The van der Waals surface area contributed by atoms with Crippen molar-refractivity contribution >= 4 is 0 Å². The lowest BCUT2D eigenvalue weighted by Crippen LogP contribution is -2.27. The van der Waals surface area contributed by atoms with Gasteiger partial charge in [0.25, 0.3) is 0 Å². The molecule has 1 aliphatic carbocycles. The van der Waals surface area contributed by atoms with Crippen molar-refractivity contribution in [1.82, 2.24) is 10.6 Å². The van der Waals surface area contributed by atoms with Crippen LogP contribution < -0.4 is 10.6 Å². The van der Waals surface area contributed by atoms with Crippen molar-refractivity contribution in [2.24, 2.45) is 5.92 Å². The molecule has 0 aromatic heterocycles. The van der Waals surface area contributed by atoms with E-state index in [1.807, 2.05) is 0 Å². The molecule has 0 saturated heterocycles. The summed E-state index contributed by atoms with van der Waals surface area (Å²) in [7, 11) is 0. The summed E-state index contributed by atoms with van der Waals surface area (Å²) in [5.74, 6) is 1.01. The number of nitrogens with one attached hydrogen (secondary N) is 2. The summed E-state index contributed by atoms with van der Waals surface area (Å²) in [6, 6.07) is 0.626. The second-order valence-electron chi connectivity index (χ2n) is 5.86. The first-order chi connectivity index (χ1) is 8.29. The number of rotatable bonds is 8. The van der Waals surface area contributed by atoms with Crippen LogP contribution in [0, 0.1) is 5.92 Å². The van der Waals surface area contributed by atoms with Crippen LogP contribution in [0.2, 0.25) is 0 Å². The molecule has 0 unspecified atom stereocenters. The summed E-state index contributed by atoms with van der Waals surface area (Å²) in [6.07, 6.45) is 11.5. The van der Waals surface area contributed by atoms with E-state index in [1.54, 1.807) is 0 Å². The van der Waals surface area contributed by atoms with Gasteiger partial charge in [-0.05, 0) is 38.4 Å². The van der Waals surface area contributed by atoms with Crippen LogP contribution >= 0.6 is 0 Å². The monoisotopic (exact) mass is 240 g/mol. The quantitative estimate of drug-likeness (QED) is 0.502. The van der Waals surface area contributed by atoms with Crippen LogP contribution in [0.3, 0.4) is 0 Å². The molecule has 1 aliphatic rings. The Labute approximate surface area is 108 Å². The van der Waals surface area contributed by atoms with E-state index in [2.05, 4.69) is 24.5 Å². The molecule has 2 heteroatoms. The average Bonchev–Trinajstić information content (AvgIpc) is 2.56. The molecule has 1 fully saturated rings. The largest absolute Gasteiger partial charge is 0.317 e. The number of hydrogen-bond acceptors (Lipinski definition) is 2. The van der Waals surface area contributed by atoms with Gasteiger partial charge in [-0.1, -0.05) is 52.4 Å². The fraction of sp³-hybridized carbons (Fsp3) is 1.00. The zero-order chi connectivity index (χ0) is 12.3. The Morgan fingerprint density at radius 2 is 1.65 bits per heavy atom. The van der Waals surface area contributed by atoms with Gasteiger partial charge in [-0.15, -0.1) is 0 Å². The molecule has 2 N–H and O–H groups in total. The maximum absolute atomic E-state index is 3.59. The van der Waals surface area contributed by atoms with Gasteiger partial charge in [-0.3, -0.25) is 0 Å². The molecular weight excluding hydrogens is 208 g/mol. The third kappa shape index (κ3) is 8.62. The van der Waals surface area contributed by atoms with E-state index in [9.17, 15) is 0 Å². The topological polar surface area (TPSA) is 24.1 Å². The van der Waals surface area contributed by atoms with Crippen LogP contribution in [0.5, 0.6) is 0 Å².